The number of halogens is 5. The van der Waals surface area contributed by atoms with Crippen molar-refractivity contribution in [1.29, 1.82) is 0 Å². The van der Waals surface area contributed by atoms with Gasteiger partial charge in [-0.25, -0.2) is 12.8 Å². The average Bonchev–Trinajstić information content (AvgIpc) is 3.06. The minimum atomic E-state index is -4.93. The van der Waals surface area contributed by atoms with E-state index in [1.165, 1.54) is 53.4 Å². The number of nitrogens with zero attached hydrogens (tertiary/aromatic N) is 2. The van der Waals surface area contributed by atoms with Gasteiger partial charge < -0.3 is 10.2 Å². The van der Waals surface area contributed by atoms with Crippen LogP contribution in [0.3, 0.4) is 0 Å². The molecule has 0 aliphatic rings. The van der Waals surface area contributed by atoms with Gasteiger partial charge in [-0.1, -0.05) is 79.2 Å². The predicted molar refractivity (Wildman–Crippen MR) is 176 cm³/mol. The zero-order valence-corrected chi connectivity index (χ0v) is 27.7. The van der Waals surface area contributed by atoms with Crippen LogP contribution in [0, 0.1) is 5.82 Å². The molecule has 0 fully saturated rings. The van der Waals surface area contributed by atoms with Crippen molar-refractivity contribution < 1.29 is 35.6 Å². The lowest BCUT2D eigenvalue weighted by molar-refractivity contribution is -0.140. The van der Waals surface area contributed by atoms with Gasteiger partial charge in [0, 0.05) is 19.0 Å². The van der Waals surface area contributed by atoms with Gasteiger partial charge in [0.25, 0.3) is 10.0 Å². The number of hydrogen-bond donors (Lipinski definition) is 1. The van der Waals surface area contributed by atoms with E-state index in [9.17, 15) is 35.6 Å². The molecule has 0 aliphatic carbocycles. The number of carbonyl (C=O) groups is 2. The highest BCUT2D eigenvalue weighted by Crippen LogP contribution is 2.38. The number of carbonyl (C=O) groups excluding carboxylic acids is 2. The van der Waals surface area contributed by atoms with Crippen molar-refractivity contribution in [2.75, 3.05) is 10.8 Å². The van der Waals surface area contributed by atoms with Gasteiger partial charge in [0.2, 0.25) is 11.8 Å². The molecule has 0 heterocycles. The van der Waals surface area contributed by atoms with Gasteiger partial charge in [0.05, 0.1) is 21.2 Å². The van der Waals surface area contributed by atoms with E-state index in [0.717, 1.165) is 12.1 Å². The molecule has 0 aromatic heterocycles. The Balaban J connectivity index is 1.86. The molecule has 254 valence electrons. The summed E-state index contributed by atoms with van der Waals surface area (Å²) in [4.78, 5) is 29.2. The van der Waals surface area contributed by atoms with Gasteiger partial charge >= 0.3 is 6.18 Å². The molecule has 0 aliphatic heterocycles. The van der Waals surface area contributed by atoms with Crippen LogP contribution in [0.1, 0.15) is 37.0 Å². The Kier molecular flexibility index (Phi) is 11.9. The number of amides is 2. The van der Waals surface area contributed by atoms with Gasteiger partial charge in [-0.05, 0) is 66.9 Å². The van der Waals surface area contributed by atoms with Crippen molar-refractivity contribution >= 4 is 39.1 Å². The second-order valence-corrected chi connectivity index (χ2v) is 13.4. The van der Waals surface area contributed by atoms with E-state index >= 15 is 0 Å². The largest absolute Gasteiger partial charge is 0.417 e. The number of hydrogen-bond acceptors (Lipinski definition) is 4. The zero-order chi connectivity index (χ0) is 35.1. The summed E-state index contributed by atoms with van der Waals surface area (Å²) in [5, 5.41) is 2.23. The lowest BCUT2D eigenvalue weighted by atomic mass is 10.0. The number of nitrogens with one attached hydrogen (secondary N) is 1. The summed E-state index contributed by atoms with van der Waals surface area (Å²) >= 11 is 5.85. The van der Waals surface area contributed by atoms with E-state index < -0.39 is 62.7 Å². The van der Waals surface area contributed by atoms with Crippen LogP contribution in [-0.4, -0.2) is 43.8 Å². The van der Waals surface area contributed by atoms with Crippen LogP contribution < -0.4 is 9.62 Å². The first-order valence-electron chi connectivity index (χ1n) is 15.0. The van der Waals surface area contributed by atoms with Crippen LogP contribution in [0.4, 0.5) is 23.2 Å². The van der Waals surface area contributed by atoms with Crippen LogP contribution in [0.5, 0.6) is 0 Å². The van der Waals surface area contributed by atoms with Gasteiger partial charge in [0.1, 0.15) is 18.4 Å². The summed E-state index contributed by atoms with van der Waals surface area (Å²) in [6.45, 7) is 2.44. The van der Waals surface area contributed by atoms with E-state index in [1.807, 2.05) is 6.92 Å². The summed E-state index contributed by atoms with van der Waals surface area (Å²) in [6, 6.07) is 22.1. The van der Waals surface area contributed by atoms with Crippen molar-refractivity contribution in [1.82, 2.24) is 10.2 Å². The standard InChI is InChI=1S/C35H34ClF4N3O4S/c1-3-24(2)41-34(45)32(20-25-10-6-4-7-11-25)42(22-26-14-16-27(37)17-15-26)33(44)23-43(48(46,47)29-12-8-5-9-13-29)28-18-19-31(36)30(21-28)35(38,39)40/h4-19,21,24,32H,3,20,22-23H2,1-2H3,(H,41,45)/t24-,32+/m0/s1. The van der Waals surface area contributed by atoms with Crippen molar-refractivity contribution in [3.8, 4) is 0 Å². The number of alkyl halides is 3. The first-order valence-corrected chi connectivity index (χ1v) is 16.8. The number of sulfonamides is 1. The SMILES string of the molecule is CC[C@H](C)NC(=O)[C@@H](Cc1ccccc1)N(Cc1ccc(F)cc1)C(=O)CN(c1ccc(Cl)c(C(F)(F)F)c1)S(=O)(=O)c1ccccc1. The molecule has 1 N–H and O–H groups in total. The van der Waals surface area contributed by atoms with Crippen LogP contribution in [0.2, 0.25) is 5.02 Å². The van der Waals surface area contributed by atoms with Gasteiger partial charge in [-0.15, -0.1) is 0 Å². The minimum Gasteiger partial charge on any atom is -0.352 e. The van der Waals surface area contributed by atoms with E-state index in [4.69, 9.17) is 11.6 Å². The molecule has 2 amide bonds. The van der Waals surface area contributed by atoms with E-state index in [1.54, 1.807) is 43.3 Å². The third kappa shape index (κ3) is 9.13. The molecule has 0 saturated carbocycles. The quantitative estimate of drug-likeness (QED) is 0.149. The smallest absolute Gasteiger partial charge is 0.352 e. The highest BCUT2D eigenvalue weighted by atomic mass is 35.5. The maximum Gasteiger partial charge on any atom is 0.417 e. The molecule has 0 radical (unpaired) electrons. The van der Waals surface area contributed by atoms with Crippen LogP contribution in [0.25, 0.3) is 0 Å². The Morgan fingerprint density at radius 3 is 2.06 bits per heavy atom. The summed E-state index contributed by atoms with van der Waals surface area (Å²) in [5.74, 6) is -1.94. The minimum absolute atomic E-state index is 0.0284. The summed E-state index contributed by atoms with van der Waals surface area (Å²) < 4.78 is 84.2. The van der Waals surface area contributed by atoms with Crippen molar-refractivity contribution in [3.63, 3.8) is 0 Å². The fourth-order valence-electron chi connectivity index (χ4n) is 4.92. The number of rotatable bonds is 13. The Hall–Kier alpha value is -4.42. The van der Waals surface area contributed by atoms with Gasteiger partial charge in [-0.3, -0.25) is 13.9 Å². The molecule has 0 saturated heterocycles. The molecular formula is C35H34ClF4N3O4S. The normalized spacial score (nSPS) is 13.0. The van der Waals surface area contributed by atoms with Crippen molar-refractivity contribution in [2.45, 2.75) is 56.4 Å². The number of anilines is 1. The molecule has 4 aromatic carbocycles. The second kappa shape index (κ2) is 15.7. The Morgan fingerprint density at radius 1 is 0.875 bits per heavy atom. The molecule has 4 aromatic rings. The molecule has 2 atom stereocenters. The first-order chi connectivity index (χ1) is 22.7. The van der Waals surface area contributed by atoms with Crippen molar-refractivity contribution in [3.05, 3.63) is 131 Å². The summed E-state index contributed by atoms with van der Waals surface area (Å²) in [6.07, 6.45) is -4.32. The highest BCUT2D eigenvalue weighted by Gasteiger charge is 2.37. The van der Waals surface area contributed by atoms with Crippen molar-refractivity contribution in [2.24, 2.45) is 0 Å². The lowest BCUT2D eigenvalue weighted by Gasteiger charge is -2.34. The van der Waals surface area contributed by atoms with Gasteiger partial charge in [0.15, 0.2) is 0 Å². The number of benzene rings is 4. The van der Waals surface area contributed by atoms with Crippen LogP contribution in [-0.2, 0) is 38.8 Å². The molecule has 4 rings (SSSR count). The monoisotopic (exact) mass is 703 g/mol. The molecular weight excluding hydrogens is 670 g/mol. The molecule has 0 unspecified atom stereocenters. The summed E-state index contributed by atoms with van der Waals surface area (Å²) in [7, 11) is -4.64. The van der Waals surface area contributed by atoms with Crippen LogP contribution in [0.15, 0.2) is 108 Å². The second-order valence-electron chi connectivity index (χ2n) is 11.2. The molecule has 0 spiro atoms. The lowest BCUT2D eigenvalue weighted by Crippen LogP contribution is -2.54. The van der Waals surface area contributed by atoms with Crippen LogP contribution >= 0.6 is 11.6 Å². The van der Waals surface area contributed by atoms with Gasteiger partial charge in [-0.2, -0.15) is 13.2 Å². The Bertz CT molecular complexity index is 1810. The third-order valence-electron chi connectivity index (χ3n) is 7.69. The highest BCUT2D eigenvalue weighted by molar-refractivity contribution is 7.92. The van der Waals surface area contributed by atoms with E-state index in [2.05, 4.69) is 5.32 Å². The topological polar surface area (TPSA) is 86.8 Å². The average molecular weight is 704 g/mol. The summed E-state index contributed by atoms with van der Waals surface area (Å²) in [5.41, 5.74) is -0.628. The molecule has 48 heavy (non-hydrogen) atoms. The Morgan fingerprint density at radius 2 is 1.48 bits per heavy atom. The maximum atomic E-state index is 14.4. The zero-order valence-electron chi connectivity index (χ0n) is 26.1. The maximum absolute atomic E-state index is 14.4. The molecule has 13 heteroatoms. The predicted octanol–water partition coefficient (Wildman–Crippen LogP) is 7.25. The molecule has 0 bridgehead atoms. The third-order valence-corrected chi connectivity index (χ3v) is 9.81. The molecule has 7 nitrogen and oxygen atoms in total. The van der Waals surface area contributed by atoms with E-state index in [-0.39, 0.29) is 23.9 Å². The Labute approximate surface area is 282 Å². The fourth-order valence-corrected chi connectivity index (χ4v) is 6.57. The van der Waals surface area contributed by atoms with E-state index in [0.29, 0.717) is 27.9 Å². The fraction of sp³-hybridized carbons (Fsp3) is 0.257. The first kappa shape index (κ1) is 36.4.